The molecular weight excluding hydrogens is 118 g/mol. The van der Waals surface area contributed by atoms with Gasteiger partial charge in [-0.2, -0.15) is 12.6 Å². The van der Waals surface area contributed by atoms with Gasteiger partial charge >= 0.3 is 0 Å². The highest BCUT2D eigenvalue weighted by Crippen LogP contribution is 2.31. The molecule has 0 saturated heterocycles. The van der Waals surface area contributed by atoms with Gasteiger partial charge in [0.05, 0.1) is 0 Å². The van der Waals surface area contributed by atoms with Crippen molar-refractivity contribution in [3.63, 3.8) is 0 Å². The third-order valence-corrected chi connectivity index (χ3v) is 1.76. The van der Waals surface area contributed by atoms with Gasteiger partial charge in [-0.15, -0.1) is 0 Å². The van der Waals surface area contributed by atoms with Crippen LogP contribution in [-0.4, -0.2) is 12.4 Å². The van der Waals surface area contributed by atoms with Crippen LogP contribution in [0.4, 0.5) is 0 Å². The van der Waals surface area contributed by atoms with Crippen molar-refractivity contribution < 1.29 is 0 Å². The molecule has 0 aromatic heterocycles. The van der Waals surface area contributed by atoms with E-state index < -0.39 is 0 Å². The van der Waals surface area contributed by atoms with Crippen LogP contribution in [-0.2, 0) is 0 Å². The number of nitrogens with one attached hydrogen (secondary N) is 1. The lowest BCUT2D eigenvalue weighted by molar-refractivity contribution is 0.659. The van der Waals surface area contributed by atoms with Crippen molar-refractivity contribution in [2.45, 2.75) is 19.3 Å². The Bertz CT molecular complexity index is 61.5. The van der Waals surface area contributed by atoms with E-state index in [0.29, 0.717) is 0 Å². The van der Waals surface area contributed by atoms with Gasteiger partial charge in [0.2, 0.25) is 0 Å². The Labute approximate surface area is 56.3 Å². The molecule has 1 nitrogen and oxygen atoms in total. The molecule has 8 heavy (non-hydrogen) atoms. The quantitative estimate of drug-likeness (QED) is 0.332. The monoisotopic (exact) mass is 131 g/mol. The Balaban J connectivity index is 1.74. The Kier molecular flexibility index (Phi) is 2.70. The second-order valence-corrected chi connectivity index (χ2v) is 2.71. The third kappa shape index (κ3) is 2.58. The Hall–Kier alpha value is 0.310. The molecule has 0 bridgehead atoms. The maximum Gasteiger partial charge on any atom is 0.0387 e. The first-order valence-corrected chi connectivity index (χ1v) is 3.88. The van der Waals surface area contributed by atoms with Crippen molar-refractivity contribution in [3.8, 4) is 0 Å². The maximum atomic E-state index is 4.03. The van der Waals surface area contributed by atoms with Crippen molar-refractivity contribution in [3.05, 3.63) is 0 Å². The summed E-state index contributed by atoms with van der Waals surface area (Å²) in [6.45, 7) is 1.16. The number of thiol groups is 1. The molecule has 0 heterocycles. The summed E-state index contributed by atoms with van der Waals surface area (Å²) in [4.78, 5) is 0. The Morgan fingerprint density at radius 3 is 2.75 bits per heavy atom. The fourth-order valence-corrected chi connectivity index (χ4v) is 0.950. The summed E-state index contributed by atoms with van der Waals surface area (Å²) in [5.74, 6) is 1.88. The first-order chi connectivity index (χ1) is 3.93. The standard InChI is InChI=1S/C6H13NS/c8-5-7-4-3-6-1-2-6/h6-8H,1-5H2. The lowest BCUT2D eigenvalue weighted by Crippen LogP contribution is -2.12. The zero-order valence-electron chi connectivity index (χ0n) is 5.06. The molecule has 0 aliphatic heterocycles. The lowest BCUT2D eigenvalue weighted by atomic mass is 10.3. The zero-order chi connectivity index (χ0) is 5.82. The van der Waals surface area contributed by atoms with E-state index in [-0.39, 0.29) is 0 Å². The molecule has 0 aromatic carbocycles. The summed E-state index contributed by atoms with van der Waals surface area (Å²) in [5.41, 5.74) is 0. The smallest absolute Gasteiger partial charge is 0.0387 e. The summed E-state index contributed by atoms with van der Waals surface area (Å²) >= 11 is 4.03. The molecule has 48 valence electrons. The highest BCUT2D eigenvalue weighted by Gasteiger charge is 2.19. The summed E-state index contributed by atoms with van der Waals surface area (Å²) in [5, 5.41) is 3.18. The second-order valence-electron chi connectivity index (χ2n) is 2.39. The van der Waals surface area contributed by atoms with Crippen molar-refractivity contribution in [1.82, 2.24) is 5.32 Å². The van der Waals surface area contributed by atoms with Crippen molar-refractivity contribution in [1.29, 1.82) is 0 Å². The summed E-state index contributed by atoms with van der Waals surface area (Å²) < 4.78 is 0. The summed E-state index contributed by atoms with van der Waals surface area (Å²) in [6, 6.07) is 0. The predicted molar refractivity (Wildman–Crippen MR) is 39.2 cm³/mol. The van der Waals surface area contributed by atoms with Crippen molar-refractivity contribution in [2.24, 2.45) is 5.92 Å². The lowest BCUT2D eigenvalue weighted by Gasteiger charge is -1.96. The summed E-state index contributed by atoms with van der Waals surface area (Å²) in [6.07, 6.45) is 4.29. The molecule has 2 heteroatoms. The van der Waals surface area contributed by atoms with Crippen LogP contribution in [0.15, 0.2) is 0 Å². The molecule has 0 radical (unpaired) electrons. The van der Waals surface area contributed by atoms with Crippen LogP contribution in [0.3, 0.4) is 0 Å². The van der Waals surface area contributed by atoms with Gasteiger partial charge in [0.15, 0.2) is 0 Å². The van der Waals surface area contributed by atoms with Gasteiger partial charge in [0.25, 0.3) is 0 Å². The third-order valence-electron chi connectivity index (χ3n) is 1.54. The van der Waals surface area contributed by atoms with E-state index in [4.69, 9.17) is 0 Å². The Morgan fingerprint density at radius 1 is 1.50 bits per heavy atom. The second kappa shape index (κ2) is 3.36. The van der Waals surface area contributed by atoms with E-state index in [1.165, 1.54) is 19.3 Å². The molecule has 0 unspecified atom stereocenters. The molecule has 1 fully saturated rings. The molecule has 0 amide bonds. The molecule has 1 rings (SSSR count). The molecule has 1 aliphatic rings. The van der Waals surface area contributed by atoms with Gasteiger partial charge in [-0.3, -0.25) is 0 Å². The van der Waals surface area contributed by atoms with Crippen LogP contribution < -0.4 is 5.32 Å². The van der Waals surface area contributed by atoms with Gasteiger partial charge in [-0.1, -0.05) is 12.8 Å². The minimum atomic E-state index is 0.826. The molecule has 1 aliphatic carbocycles. The van der Waals surface area contributed by atoms with Gasteiger partial charge in [0.1, 0.15) is 0 Å². The molecule has 0 aromatic rings. The van der Waals surface area contributed by atoms with Crippen LogP contribution in [0, 0.1) is 5.92 Å². The number of rotatable bonds is 4. The number of hydrogen-bond acceptors (Lipinski definition) is 2. The molecule has 0 spiro atoms. The van der Waals surface area contributed by atoms with E-state index >= 15 is 0 Å². The van der Waals surface area contributed by atoms with Crippen molar-refractivity contribution >= 4 is 12.6 Å². The first kappa shape index (κ1) is 6.43. The molecule has 0 atom stereocenters. The van der Waals surface area contributed by atoms with Gasteiger partial charge < -0.3 is 5.32 Å². The topological polar surface area (TPSA) is 12.0 Å². The van der Waals surface area contributed by atoms with Crippen LogP contribution in [0.25, 0.3) is 0 Å². The van der Waals surface area contributed by atoms with E-state index in [1.807, 2.05) is 0 Å². The SMILES string of the molecule is SCNCCC1CC1. The highest BCUT2D eigenvalue weighted by atomic mass is 32.1. The minimum absolute atomic E-state index is 0.826. The van der Waals surface area contributed by atoms with E-state index in [9.17, 15) is 0 Å². The van der Waals surface area contributed by atoms with Gasteiger partial charge in [0, 0.05) is 5.88 Å². The average molecular weight is 131 g/mol. The average Bonchev–Trinajstić information content (AvgIpc) is 2.51. The fourth-order valence-electron chi connectivity index (χ4n) is 0.792. The first-order valence-electron chi connectivity index (χ1n) is 3.25. The molecule has 1 saturated carbocycles. The highest BCUT2D eigenvalue weighted by molar-refractivity contribution is 7.80. The predicted octanol–water partition coefficient (Wildman–Crippen LogP) is 1.26. The fraction of sp³-hybridized carbons (Fsp3) is 1.00. The Morgan fingerprint density at radius 2 is 2.25 bits per heavy atom. The van der Waals surface area contributed by atoms with Gasteiger partial charge in [-0.25, -0.2) is 0 Å². The minimum Gasteiger partial charge on any atom is -0.308 e. The van der Waals surface area contributed by atoms with E-state index in [2.05, 4.69) is 17.9 Å². The van der Waals surface area contributed by atoms with Crippen LogP contribution in [0.1, 0.15) is 19.3 Å². The van der Waals surface area contributed by atoms with Crippen LogP contribution >= 0.6 is 12.6 Å². The van der Waals surface area contributed by atoms with Crippen LogP contribution in [0.5, 0.6) is 0 Å². The van der Waals surface area contributed by atoms with Crippen molar-refractivity contribution in [2.75, 3.05) is 12.4 Å². The van der Waals surface area contributed by atoms with Gasteiger partial charge in [-0.05, 0) is 18.9 Å². The molecule has 1 N–H and O–H groups in total. The summed E-state index contributed by atoms with van der Waals surface area (Å²) in [7, 11) is 0. The molecular formula is C6H13NS. The van der Waals surface area contributed by atoms with Crippen LogP contribution in [0.2, 0.25) is 0 Å². The number of hydrogen-bond donors (Lipinski definition) is 2. The largest absolute Gasteiger partial charge is 0.308 e. The normalized spacial score (nSPS) is 19.1. The maximum absolute atomic E-state index is 4.03. The van der Waals surface area contributed by atoms with E-state index in [1.54, 1.807) is 0 Å². The van der Waals surface area contributed by atoms with E-state index in [0.717, 1.165) is 18.3 Å². The zero-order valence-corrected chi connectivity index (χ0v) is 5.95.